The number of benzene rings is 1. The molecule has 3 nitrogen and oxygen atoms in total. The summed E-state index contributed by atoms with van der Waals surface area (Å²) in [6, 6.07) is 7.83. The van der Waals surface area contributed by atoms with Crippen LogP contribution in [0.15, 0.2) is 24.3 Å². The normalized spacial score (nSPS) is 12.5. The van der Waals surface area contributed by atoms with Crippen LogP contribution in [0.5, 0.6) is 5.75 Å². The van der Waals surface area contributed by atoms with E-state index in [1.807, 2.05) is 24.3 Å². The Morgan fingerprint density at radius 2 is 1.93 bits per heavy atom. The Labute approximate surface area is 91.2 Å². The Hall–Kier alpha value is -1.06. The van der Waals surface area contributed by atoms with Crippen LogP contribution in [0.2, 0.25) is 0 Å². The number of hydrogen-bond donors (Lipinski definition) is 1. The minimum absolute atomic E-state index is 0.00384. The van der Waals surface area contributed by atoms with Crippen LogP contribution in [0.1, 0.15) is 25.0 Å². The zero-order valence-electron chi connectivity index (χ0n) is 9.40. The zero-order valence-corrected chi connectivity index (χ0v) is 9.40. The van der Waals surface area contributed by atoms with Crippen molar-refractivity contribution in [1.29, 1.82) is 0 Å². The first kappa shape index (κ1) is 12.0. The maximum absolute atomic E-state index is 5.66. The van der Waals surface area contributed by atoms with Gasteiger partial charge in [-0.05, 0) is 24.1 Å². The second kappa shape index (κ2) is 6.43. The summed E-state index contributed by atoms with van der Waals surface area (Å²) in [5, 5.41) is 0. The molecule has 1 rings (SSSR count). The van der Waals surface area contributed by atoms with Gasteiger partial charge >= 0.3 is 0 Å². The minimum Gasteiger partial charge on any atom is -0.497 e. The fraction of sp³-hybridized carbons (Fsp3) is 0.500. The zero-order chi connectivity index (χ0) is 11.1. The Bertz CT molecular complexity index is 271. The molecule has 1 aromatic carbocycles. The van der Waals surface area contributed by atoms with Crippen LogP contribution < -0.4 is 10.5 Å². The first-order valence-electron chi connectivity index (χ1n) is 5.27. The molecule has 3 heteroatoms. The third kappa shape index (κ3) is 3.53. The largest absolute Gasteiger partial charge is 0.497 e. The molecule has 0 saturated heterocycles. The average Bonchev–Trinajstić information content (AvgIpc) is 2.31. The number of ether oxygens (including phenoxy) is 2. The quantitative estimate of drug-likeness (QED) is 0.780. The predicted octanol–water partition coefficient (Wildman–Crippen LogP) is 2.12. The molecule has 1 unspecified atom stereocenters. The lowest BCUT2D eigenvalue weighted by atomic mass is 10.1. The second-order valence-electron chi connectivity index (χ2n) is 3.37. The molecule has 1 aromatic rings. The maximum atomic E-state index is 5.66. The molecule has 0 heterocycles. The summed E-state index contributed by atoms with van der Waals surface area (Å²) in [5.74, 6) is 0.852. The van der Waals surface area contributed by atoms with Gasteiger partial charge in [-0.3, -0.25) is 0 Å². The first-order chi connectivity index (χ1) is 7.31. The Morgan fingerprint density at radius 1 is 1.27 bits per heavy atom. The van der Waals surface area contributed by atoms with E-state index >= 15 is 0 Å². The molecule has 0 fully saturated rings. The Kier molecular flexibility index (Phi) is 5.15. The van der Waals surface area contributed by atoms with Gasteiger partial charge in [0.05, 0.1) is 13.2 Å². The molecular weight excluding hydrogens is 190 g/mol. The molecule has 0 saturated carbocycles. The van der Waals surface area contributed by atoms with E-state index in [1.165, 1.54) is 0 Å². The van der Waals surface area contributed by atoms with Crippen LogP contribution in [0, 0.1) is 0 Å². The summed E-state index contributed by atoms with van der Waals surface area (Å²) >= 11 is 0. The van der Waals surface area contributed by atoms with Crippen LogP contribution in [-0.2, 0) is 4.74 Å². The van der Waals surface area contributed by atoms with Crippen molar-refractivity contribution < 1.29 is 9.47 Å². The monoisotopic (exact) mass is 209 g/mol. The molecular formula is C12H19NO2. The number of rotatable bonds is 6. The topological polar surface area (TPSA) is 44.5 Å². The van der Waals surface area contributed by atoms with Crippen molar-refractivity contribution in [1.82, 2.24) is 0 Å². The smallest absolute Gasteiger partial charge is 0.118 e. The van der Waals surface area contributed by atoms with Gasteiger partial charge in [0.2, 0.25) is 0 Å². The van der Waals surface area contributed by atoms with E-state index in [0.29, 0.717) is 6.54 Å². The molecule has 0 bridgehead atoms. The van der Waals surface area contributed by atoms with Crippen molar-refractivity contribution in [3.8, 4) is 5.75 Å². The van der Waals surface area contributed by atoms with E-state index in [4.69, 9.17) is 15.2 Å². The highest BCUT2D eigenvalue weighted by molar-refractivity contribution is 5.28. The second-order valence-corrected chi connectivity index (χ2v) is 3.37. The fourth-order valence-corrected chi connectivity index (χ4v) is 1.38. The van der Waals surface area contributed by atoms with E-state index in [9.17, 15) is 0 Å². The summed E-state index contributed by atoms with van der Waals surface area (Å²) < 4.78 is 10.7. The van der Waals surface area contributed by atoms with Crippen molar-refractivity contribution in [2.24, 2.45) is 5.73 Å². The van der Waals surface area contributed by atoms with Crippen molar-refractivity contribution in [2.45, 2.75) is 19.4 Å². The number of hydrogen-bond acceptors (Lipinski definition) is 3. The van der Waals surface area contributed by atoms with E-state index in [-0.39, 0.29) is 6.10 Å². The Balaban J connectivity index is 2.65. The summed E-state index contributed by atoms with van der Waals surface area (Å²) in [7, 11) is 1.66. The van der Waals surface area contributed by atoms with Crippen LogP contribution in [0.4, 0.5) is 0 Å². The lowest BCUT2D eigenvalue weighted by Crippen LogP contribution is -2.16. The molecule has 0 aliphatic carbocycles. The lowest BCUT2D eigenvalue weighted by Gasteiger charge is -2.16. The SMILES string of the molecule is CCCOC(CN)c1ccc(OC)cc1. The third-order valence-electron chi connectivity index (χ3n) is 2.22. The van der Waals surface area contributed by atoms with Gasteiger partial charge in [-0.15, -0.1) is 0 Å². The lowest BCUT2D eigenvalue weighted by molar-refractivity contribution is 0.0591. The number of methoxy groups -OCH3 is 1. The van der Waals surface area contributed by atoms with Crippen LogP contribution in [0.3, 0.4) is 0 Å². The fourth-order valence-electron chi connectivity index (χ4n) is 1.38. The van der Waals surface area contributed by atoms with Gasteiger partial charge in [0.1, 0.15) is 5.75 Å². The molecule has 0 aliphatic heterocycles. The standard InChI is InChI=1S/C12H19NO2/c1-3-8-15-12(9-13)10-4-6-11(14-2)7-5-10/h4-7,12H,3,8-9,13H2,1-2H3. The van der Waals surface area contributed by atoms with Gasteiger partial charge in [0.15, 0.2) is 0 Å². The van der Waals surface area contributed by atoms with E-state index in [1.54, 1.807) is 7.11 Å². The summed E-state index contributed by atoms with van der Waals surface area (Å²) in [4.78, 5) is 0. The first-order valence-corrected chi connectivity index (χ1v) is 5.27. The van der Waals surface area contributed by atoms with Gasteiger partial charge in [0, 0.05) is 13.2 Å². The van der Waals surface area contributed by atoms with E-state index in [0.717, 1.165) is 24.3 Å². The van der Waals surface area contributed by atoms with Gasteiger partial charge in [-0.1, -0.05) is 19.1 Å². The molecule has 0 radical (unpaired) electrons. The average molecular weight is 209 g/mol. The van der Waals surface area contributed by atoms with Gasteiger partial charge in [-0.25, -0.2) is 0 Å². The Morgan fingerprint density at radius 3 is 2.40 bits per heavy atom. The molecule has 1 atom stereocenters. The van der Waals surface area contributed by atoms with Gasteiger partial charge in [0.25, 0.3) is 0 Å². The van der Waals surface area contributed by atoms with Gasteiger partial charge < -0.3 is 15.2 Å². The maximum Gasteiger partial charge on any atom is 0.118 e. The molecule has 15 heavy (non-hydrogen) atoms. The van der Waals surface area contributed by atoms with E-state index < -0.39 is 0 Å². The van der Waals surface area contributed by atoms with E-state index in [2.05, 4.69) is 6.92 Å². The molecule has 84 valence electrons. The number of nitrogens with two attached hydrogens (primary N) is 1. The van der Waals surface area contributed by atoms with Crippen molar-refractivity contribution in [3.63, 3.8) is 0 Å². The van der Waals surface area contributed by atoms with Crippen molar-refractivity contribution in [2.75, 3.05) is 20.3 Å². The third-order valence-corrected chi connectivity index (χ3v) is 2.22. The van der Waals surface area contributed by atoms with Crippen LogP contribution >= 0.6 is 0 Å². The minimum atomic E-state index is -0.00384. The molecule has 0 spiro atoms. The van der Waals surface area contributed by atoms with Gasteiger partial charge in [-0.2, -0.15) is 0 Å². The van der Waals surface area contributed by atoms with Crippen LogP contribution in [0.25, 0.3) is 0 Å². The summed E-state index contributed by atoms with van der Waals surface area (Å²) in [6.45, 7) is 3.34. The molecule has 2 N–H and O–H groups in total. The van der Waals surface area contributed by atoms with Crippen molar-refractivity contribution >= 4 is 0 Å². The highest BCUT2D eigenvalue weighted by Gasteiger charge is 2.09. The molecule has 0 aliphatic rings. The molecule has 0 aromatic heterocycles. The molecule has 0 amide bonds. The van der Waals surface area contributed by atoms with Crippen molar-refractivity contribution in [3.05, 3.63) is 29.8 Å². The predicted molar refractivity (Wildman–Crippen MR) is 61.0 cm³/mol. The highest BCUT2D eigenvalue weighted by atomic mass is 16.5. The van der Waals surface area contributed by atoms with Crippen LogP contribution in [-0.4, -0.2) is 20.3 Å². The summed E-state index contributed by atoms with van der Waals surface area (Å²) in [5.41, 5.74) is 6.76. The highest BCUT2D eigenvalue weighted by Crippen LogP contribution is 2.19. The summed E-state index contributed by atoms with van der Waals surface area (Å²) in [6.07, 6.45) is 1.00.